The van der Waals surface area contributed by atoms with Gasteiger partial charge in [0, 0.05) is 19.4 Å². The average Bonchev–Trinajstić information content (AvgIpc) is 3.35. The first kappa shape index (κ1) is 35.4. The normalized spacial score (nSPS) is 49.0. The van der Waals surface area contributed by atoms with Crippen LogP contribution in [0.15, 0.2) is 11.6 Å². The van der Waals surface area contributed by atoms with Crippen molar-refractivity contribution in [3.8, 4) is 0 Å². The monoisotopic (exact) mass is 634 g/mol. The maximum atomic E-state index is 14.7. The summed E-state index contributed by atoms with van der Waals surface area (Å²) in [6.45, 7) is 17.7. The number of ketones is 1. The molecule has 4 saturated carbocycles. The molecule has 4 aliphatic carbocycles. The van der Waals surface area contributed by atoms with Crippen LogP contribution in [-0.2, 0) is 19.0 Å². The van der Waals surface area contributed by atoms with Gasteiger partial charge in [-0.25, -0.2) is 0 Å². The molecular weight excluding hydrogens is 572 g/mol. The number of ether oxygens (including phenoxy) is 3. The van der Waals surface area contributed by atoms with E-state index < -0.39 is 42.9 Å². The molecule has 8 nitrogen and oxygen atoms in total. The number of hydrogen-bond donors (Lipinski definition) is 4. The van der Waals surface area contributed by atoms with Crippen molar-refractivity contribution in [1.82, 2.24) is 0 Å². The number of hydrogen-bond acceptors (Lipinski definition) is 8. The summed E-state index contributed by atoms with van der Waals surface area (Å²) in [7, 11) is 1.84. The number of fused-ring (bicyclic) bond motifs is 5. The second-order valence-electron chi connectivity index (χ2n) is 17.3. The van der Waals surface area contributed by atoms with Crippen LogP contribution in [0.5, 0.6) is 0 Å². The molecule has 5 aliphatic rings. The molecule has 45 heavy (non-hydrogen) atoms. The molecule has 1 aliphatic heterocycles. The van der Waals surface area contributed by atoms with Gasteiger partial charge in [0.15, 0.2) is 6.29 Å². The number of methoxy groups -OCH3 is 1. The van der Waals surface area contributed by atoms with Gasteiger partial charge in [-0.2, -0.15) is 0 Å². The maximum absolute atomic E-state index is 14.7. The van der Waals surface area contributed by atoms with Gasteiger partial charge >= 0.3 is 0 Å². The lowest BCUT2D eigenvalue weighted by Crippen LogP contribution is -2.66. The van der Waals surface area contributed by atoms with Crippen LogP contribution in [0.4, 0.5) is 0 Å². The minimum atomic E-state index is -1.51. The van der Waals surface area contributed by atoms with Crippen molar-refractivity contribution in [3.63, 3.8) is 0 Å². The maximum Gasteiger partial charge on any atom is 0.187 e. The minimum Gasteiger partial charge on any atom is -0.394 e. The second-order valence-corrected chi connectivity index (χ2v) is 17.3. The number of carbonyl (C=O) groups excluding carboxylic acids is 1. The van der Waals surface area contributed by atoms with E-state index in [1.54, 1.807) is 0 Å². The van der Waals surface area contributed by atoms with Crippen molar-refractivity contribution < 1.29 is 39.4 Å². The molecule has 0 radical (unpaired) electrons. The molecule has 0 amide bonds. The summed E-state index contributed by atoms with van der Waals surface area (Å²) in [5, 5.41) is 41.7. The first-order chi connectivity index (χ1) is 20.9. The van der Waals surface area contributed by atoms with E-state index in [0.29, 0.717) is 30.5 Å². The third kappa shape index (κ3) is 5.41. The minimum absolute atomic E-state index is 0.00841. The van der Waals surface area contributed by atoms with Crippen LogP contribution < -0.4 is 0 Å². The van der Waals surface area contributed by atoms with E-state index in [1.165, 1.54) is 5.57 Å². The average molecular weight is 635 g/mol. The predicted molar refractivity (Wildman–Crippen MR) is 172 cm³/mol. The van der Waals surface area contributed by atoms with Crippen LogP contribution in [0.3, 0.4) is 0 Å². The molecule has 258 valence electrons. The highest BCUT2D eigenvalue weighted by Crippen LogP contribution is 2.75. The van der Waals surface area contributed by atoms with Gasteiger partial charge in [0.2, 0.25) is 0 Å². The van der Waals surface area contributed by atoms with Gasteiger partial charge in [-0.05, 0) is 112 Å². The Morgan fingerprint density at radius 2 is 1.62 bits per heavy atom. The van der Waals surface area contributed by atoms with E-state index in [0.717, 1.165) is 44.9 Å². The Morgan fingerprint density at radius 1 is 0.956 bits per heavy atom. The highest BCUT2D eigenvalue weighted by atomic mass is 16.7. The Bertz CT molecular complexity index is 1130. The quantitative estimate of drug-likeness (QED) is 0.269. The van der Waals surface area contributed by atoms with E-state index in [9.17, 15) is 25.2 Å². The first-order valence-electron chi connectivity index (χ1n) is 17.6. The van der Waals surface area contributed by atoms with Gasteiger partial charge in [0.25, 0.3) is 0 Å². The molecule has 0 bridgehead atoms. The molecule has 4 N–H and O–H groups in total. The molecule has 5 rings (SSSR count). The van der Waals surface area contributed by atoms with Crippen LogP contribution in [0.2, 0.25) is 0 Å². The SMILES string of the molecule is CO[C@H]1CC[C@@]2(C)C(CC[C@]3(C)C2CC(=O)C2C([C@](C)(CCC=C(C)C)O[C@@H]4OC(CO)[C@@H](O)C(O)C4O)CC[C@]23C)C1(C)C. The van der Waals surface area contributed by atoms with Crippen molar-refractivity contribution in [2.75, 3.05) is 13.7 Å². The van der Waals surface area contributed by atoms with E-state index in [-0.39, 0.29) is 39.6 Å². The number of aliphatic hydroxyl groups is 4. The zero-order valence-corrected chi connectivity index (χ0v) is 29.3. The molecule has 14 atom stereocenters. The van der Waals surface area contributed by atoms with Crippen LogP contribution in [0.25, 0.3) is 0 Å². The summed E-state index contributed by atoms with van der Waals surface area (Å²) in [4.78, 5) is 14.7. The lowest BCUT2D eigenvalue weighted by Gasteiger charge is -2.69. The van der Waals surface area contributed by atoms with E-state index in [4.69, 9.17) is 14.2 Å². The first-order valence-corrected chi connectivity index (χ1v) is 17.6. The summed E-state index contributed by atoms with van der Waals surface area (Å²) < 4.78 is 18.6. The van der Waals surface area contributed by atoms with Crippen molar-refractivity contribution in [1.29, 1.82) is 0 Å². The Balaban J connectivity index is 1.49. The zero-order chi connectivity index (χ0) is 33.3. The van der Waals surface area contributed by atoms with Crippen molar-refractivity contribution in [3.05, 3.63) is 11.6 Å². The summed E-state index contributed by atoms with van der Waals surface area (Å²) in [5.41, 5.74) is 0.246. The number of carbonyl (C=O) groups is 1. The number of aliphatic hydroxyl groups excluding tert-OH is 4. The van der Waals surface area contributed by atoms with Gasteiger partial charge in [-0.15, -0.1) is 0 Å². The van der Waals surface area contributed by atoms with Gasteiger partial charge in [0.05, 0.1) is 18.3 Å². The lowest BCUT2D eigenvalue weighted by atomic mass is 9.35. The van der Waals surface area contributed by atoms with Crippen LogP contribution in [0.1, 0.15) is 113 Å². The van der Waals surface area contributed by atoms with Crippen molar-refractivity contribution >= 4 is 5.78 Å². The molecule has 8 heteroatoms. The third-order valence-corrected chi connectivity index (χ3v) is 14.6. The van der Waals surface area contributed by atoms with E-state index >= 15 is 0 Å². The highest BCUT2D eigenvalue weighted by molar-refractivity contribution is 5.84. The molecule has 0 aromatic rings. The van der Waals surface area contributed by atoms with E-state index in [1.807, 2.05) is 14.0 Å². The summed E-state index contributed by atoms with van der Waals surface area (Å²) >= 11 is 0. The van der Waals surface area contributed by atoms with E-state index in [2.05, 4.69) is 54.5 Å². The van der Waals surface area contributed by atoms with Gasteiger partial charge in [0.1, 0.15) is 30.2 Å². The fraction of sp³-hybridized carbons (Fsp3) is 0.919. The Morgan fingerprint density at radius 3 is 2.24 bits per heavy atom. The van der Waals surface area contributed by atoms with Gasteiger partial charge in [-0.1, -0.05) is 46.3 Å². The second kappa shape index (κ2) is 12.2. The van der Waals surface area contributed by atoms with Gasteiger partial charge < -0.3 is 34.6 Å². The van der Waals surface area contributed by atoms with Crippen molar-refractivity contribution in [2.24, 2.45) is 45.3 Å². The molecule has 5 fully saturated rings. The van der Waals surface area contributed by atoms with Crippen LogP contribution >= 0.6 is 0 Å². The molecule has 1 heterocycles. The molecule has 0 aromatic carbocycles. The molecule has 0 spiro atoms. The van der Waals surface area contributed by atoms with Gasteiger partial charge in [-0.3, -0.25) is 4.79 Å². The summed E-state index contributed by atoms with van der Waals surface area (Å²) in [6, 6.07) is 0. The fourth-order valence-electron chi connectivity index (χ4n) is 11.9. The zero-order valence-electron chi connectivity index (χ0n) is 29.3. The smallest absolute Gasteiger partial charge is 0.187 e. The topological polar surface area (TPSA) is 126 Å². The highest BCUT2D eigenvalue weighted by Gasteiger charge is 2.72. The third-order valence-electron chi connectivity index (χ3n) is 14.6. The Kier molecular flexibility index (Phi) is 9.63. The largest absolute Gasteiger partial charge is 0.394 e. The van der Waals surface area contributed by atoms with Crippen LogP contribution in [0, 0.1) is 45.3 Å². The molecular formula is C37H62O8. The lowest BCUT2D eigenvalue weighted by molar-refractivity contribution is -0.333. The number of rotatable bonds is 8. The number of Topliss-reactive ketones (excluding diaryl/α,β-unsaturated/α-hetero) is 1. The number of allylic oxidation sites excluding steroid dienone is 2. The fourth-order valence-corrected chi connectivity index (χ4v) is 11.9. The van der Waals surface area contributed by atoms with Crippen molar-refractivity contribution in [2.45, 2.75) is 156 Å². The Labute approximate surface area is 271 Å². The summed E-state index contributed by atoms with van der Waals surface area (Å²) in [6.07, 6.45) is 3.70. The Hall–Kier alpha value is -0.870. The molecule has 0 aromatic heterocycles. The van der Waals surface area contributed by atoms with Crippen LogP contribution in [-0.4, -0.2) is 82.3 Å². The molecule has 7 unspecified atom stereocenters. The summed E-state index contributed by atoms with van der Waals surface area (Å²) in [5.74, 6) is 0.843. The standard InChI is InChI=1S/C37H62O8/c1-21(2)11-10-15-37(8,45-32-31(42)30(41)29(40)24(20-38)44-32)22-12-17-36(7)28(22)23(39)19-26-34(5)16-14-27(43-9)33(3,4)25(34)13-18-35(26,36)6/h11,22,24-32,38,40-42H,10,12-20H2,1-9H3/t22?,24?,25?,26?,27-,28?,29+,30?,31?,32-,34-,35+,36+,37-/m0/s1. The molecule has 1 saturated heterocycles. The predicted octanol–water partition coefficient (Wildman–Crippen LogP) is 5.19.